The van der Waals surface area contributed by atoms with Crippen molar-refractivity contribution in [3.8, 4) is 0 Å². The van der Waals surface area contributed by atoms with Crippen LogP contribution in [0, 0.1) is 5.92 Å². The minimum atomic E-state index is -0.223. The highest BCUT2D eigenvalue weighted by molar-refractivity contribution is 6.31. The fourth-order valence-electron chi connectivity index (χ4n) is 1.45. The molecule has 1 aromatic carbocycles. The average molecular weight is 242 g/mol. The molecule has 16 heavy (non-hydrogen) atoms. The van der Waals surface area contributed by atoms with E-state index in [9.17, 15) is 5.11 Å². The van der Waals surface area contributed by atoms with E-state index in [1.807, 2.05) is 38.1 Å². The number of aliphatic hydroxyl groups excluding tert-OH is 1. The summed E-state index contributed by atoms with van der Waals surface area (Å²) in [5, 5.41) is 13.7. The van der Waals surface area contributed by atoms with Gasteiger partial charge in [0.25, 0.3) is 0 Å². The van der Waals surface area contributed by atoms with Gasteiger partial charge < -0.3 is 10.4 Å². The van der Waals surface area contributed by atoms with E-state index in [1.54, 1.807) is 0 Å². The average Bonchev–Trinajstić information content (AvgIpc) is 2.26. The predicted octanol–water partition coefficient (Wildman–Crippen LogP) is 2.84. The number of aliphatic hydroxyl groups is 1. The standard InChI is InChI=1S/C13H20ClNO/c1-10(2)13(16)7-8-15-9-11-5-3-4-6-12(11)14/h3-6,10,13,15-16H,7-9H2,1-2H3. The van der Waals surface area contributed by atoms with Gasteiger partial charge in [0.15, 0.2) is 0 Å². The van der Waals surface area contributed by atoms with Crippen molar-refractivity contribution in [3.63, 3.8) is 0 Å². The van der Waals surface area contributed by atoms with Crippen LogP contribution in [-0.4, -0.2) is 17.8 Å². The monoisotopic (exact) mass is 241 g/mol. The molecule has 1 aromatic rings. The minimum Gasteiger partial charge on any atom is -0.393 e. The van der Waals surface area contributed by atoms with E-state index in [4.69, 9.17) is 11.6 Å². The first-order valence-electron chi connectivity index (χ1n) is 5.73. The largest absolute Gasteiger partial charge is 0.393 e. The molecule has 0 saturated heterocycles. The van der Waals surface area contributed by atoms with Gasteiger partial charge in [-0.05, 0) is 30.5 Å². The number of halogens is 1. The lowest BCUT2D eigenvalue weighted by Gasteiger charge is -2.14. The van der Waals surface area contributed by atoms with Gasteiger partial charge in [0, 0.05) is 11.6 Å². The Kier molecular flexibility index (Phi) is 5.81. The summed E-state index contributed by atoms with van der Waals surface area (Å²) < 4.78 is 0. The quantitative estimate of drug-likeness (QED) is 0.751. The van der Waals surface area contributed by atoms with Crippen molar-refractivity contribution in [2.75, 3.05) is 6.54 Å². The minimum absolute atomic E-state index is 0.223. The lowest BCUT2D eigenvalue weighted by atomic mass is 10.0. The highest BCUT2D eigenvalue weighted by atomic mass is 35.5. The van der Waals surface area contributed by atoms with Crippen LogP contribution in [0.25, 0.3) is 0 Å². The molecule has 0 amide bonds. The van der Waals surface area contributed by atoms with Crippen LogP contribution in [0.1, 0.15) is 25.8 Å². The Labute approximate surface area is 103 Å². The van der Waals surface area contributed by atoms with Gasteiger partial charge in [-0.2, -0.15) is 0 Å². The summed E-state index contributed by atoms with van der Waals surface area (Å²) in [6.07, 6.45) is 0.556. The molecule has 0 fully saturated rings. The molecule has 1 rings (SSSR count). The van der Waals surface area contributed by atoms with Gasteiger partial charge in [0.05, 0.1) is 6.10 Å². The summed E-state index contributed by atoms with van der Waals surface area (Å²) in [7, 11) is 0. The van der Waals surface area contributed by atoms with Crippen LogP contribution >= 0.6 is 11.6 Å². The molecule has 0 saturated carbocycles. The van der Waals surface area contributed by atoms with Crippen LogP contribution in [0.5, 0.6) is 0 Å². The van der Waals surface area contributed by atoms with Crippen molar-refractivity contribution >= 4 is 11.6 Å². The third-order valence-electron chi connectivity index (χ3n) is 2.66. The van der Waals surface area contributed by atoms with Crippen molar-refractivity contribution in [2.24, 2.45) is 5.92 Å². The van der Waals surface area contributed by atoms with Crippen molar-refractivity contribution in [1.29, 1.82) is 0 Å². The van der Waals surface area contributed by atoms with Crippen LogP contribution in [-0.2, 0) is 6.54 Å². The third-order valence-corrected chi connectivity index (χ3v) is 3.03. The zero-order valence-electron chi connectivity index (χ0n) is 9.91. The first kappa shape index (κ1) is 13.5. The molecule has 2 nitrogen and oxygen atoms in total. The van der Waals surface area contributed by atoms with Crippen LogP contribution in [0.15, 0.2) is 24.3 Å². The molecule has 0 aliphatic rings. The molecule has 0 aliphatic heterocycles. The van der Waals surface area contributed by atoms with Gasteiger partial charge in [0.1, 0.15) is 0 Å². The molecule has 0 heterocycles. The molecule has 3 heteroatoms. The van der Waals surface area contributed by atoms with E-state index < -0.39 is 0 Å². The van der Waals surface area contributed by atoms with Gasteiger partial charge in [-0.25, -0.2) is 0 Å². The van der Waals surface area contributed by atoms with Crippen molar-refractivity contribution in [2.45, 2.75) is 32.9 Å². The summed E-state index contributed by atoms with van der Waals surface area (Å²) in [6, 6.07) is 7.80. The Balaban J connectivity index is 2.24. The molecule has 2 N–H and O–H groups in total. The number of nitrogens with one attached hydrogen (secondary N) is 1. The summed E-state index contributed by atoms with van der Waals surface area (Å²) in [5.41, 5.74) is 1.10. The second-order valence-corrected chi connectivity index (χ2v) is 4.78. The van der Waals surface area contributed by atoms with Crippen LogP contribution in [0.3, 0.4) is 0 Å². The van der Waals surface area contributed by atoms with Crippen LogP contribution < -0.4 is 5.32 Å². The fourth-order valence-corrected chi connectivity index (χ4v) is 1.65. The van der Waals surface area contributed by atoms with Gasteiger partial charge in [-0.1, -0.05) is 43.6 Å². The normalized spacial score (nSPS) is 13.1. The summed E-state index contributed by atoms with van der Waals surface area (Å²) in [4.78, 5) is 0. The van der Waals surface area contributed by atoms with Crippen molar-refractivity contribution in [1.82, 2.24) is 5.32 Å². The third kappa shape index (κ3) is 4.52. The maximum absolute atomic E-state index is 9.61. The molecular formula is C13H20ClNO. The Bertz CT molecular complexity index is 315. The molecule has 0 radical (unpaired) electrons. The zero-order chi connectivity index (χ0) is 12.0. The van der Waals surface area contributed by atoms with Crippen molar-refractivity contribution in [3.05, 3.63) is 34.9 Å². The second kappa shape index (κ2) is 6.89. The Morgan fingerprint density at radius 1 is 1.31 bits per heavy atom. The van der Waals surface area contributed by atoms with E-state index in [1.165, 1.54) is 0 Å². The molecule has 1 atom stereocenters. The number of benzene rings is 1. The van der Waals surface area contributed by atoms with Gasteiger partial charge in [0.2, 0.25) is 0 Å². The molecule has 0 bridgehead atoms. The van der Waals surface area contributed by atoms with Crippen molar-refractivity contribution < 1.29 is 5.11 Å². The fraction of sp³-hybridized carbons (Fsp3) is 0.538. The predicted molar refractivity (Wildman–Crippen MR) is 68.6 cm³/mol. The lowest BCUT2D eigenvalue weighted by molar-refractivity contribution is 0.116. The molecule has 0 spiro atoms. The van der Waals surface area contributed by atoms with Crippen LogP contribution in [0.4, 0.5) is 0 Å². The lowest BCUT2D eigenvalue weighted by Crippen LogP contribution is -2.23. The Morgan fingerprint density at radius 2 is 2.00 bits per heavy atom. The highest BCUT2D eigenvalue weighted by Gasteiger charge is 2.07. The van der Waals surface area contributed by atoms with Crippen LogP contribution in [0.2, 0.25) is 5.02 Å². The zero-order valence-corrected chi connectivity index (χ0v) is 10.7. The van der Waals surface area contributed by atoms with E-state index >= 15 is 0 Å². The molecule has 90 valence electrons. The second-order valence-electron chi connectivity index (χ2n) is 4.37. The highest BCUT2D eigenvalue weighted by Crippen LogP contribution is 2.14. The Hall–Kier alpha value is -0.570. The van der Waals surface area contributed by atoms with E-state index in [0.29, 0.717) is 5.92 Å². The molecule has 1 unspecified atom stereocenters. The van der Waals surface area contributed by atoms with Gasteiger partial charge >= 0.3 is 0 Å². The summed E-state index contributed by atoms with van der Waals surface area (Å²) in [5.74, 6) is 0.321. The van der Waals surface area contributed by atoms with Gasteiger partial charge in [-0.3, -0.25) is 0 Å². The van der Waals surface area contributed by atoms with E-state index in [-0.39, 0.29) is 6.10 Å². The number of hydrogen-bond donors (Lipinski definition) is 2. The molecule has 0 aromatic heterocycles. The maximum Gasteiger partial charge on any atom is 0.0575 e. The smallest absolute Gasteiger partial charge is 0.0575 e. The number of rotatable bonds is 6. The summed E-state index contributed by atoms with van der Waals surface area (Å²) >= 11 is 6.03. The van der Waals surface area contributed by atoms with E-state index in [0.717, 1.165) is 30.1 Å². The summed E-state index contributed by atoms with van der Waals surface area (Å²) in [6.45, 7) is 5.62. The first-order chi connectivity index (χ1) is 7.61. The Morgan fingerprint density at radius 3 is 2.62 bits per heavy atom. The number of hydrogen-bond acceptors (Lipinski definition) is 2. The SMILES string of the molecule is CC(C)C(O)CCNCc1ccccc1Cl. The molecular weight excluding hydrogens is 222 g/mol. The molecule has 0 aliphatic carbocycles. The topological polar surface area (TPSA) is 32.3 Å². The van der Waals surface area contributed by atoms with Gasteiger partial charge in [-0.15, -0.1) is 0 Å². The maximum atomic E-state index is 9.61. The first-order valence-corrected chi connectivity index (χ1v) is 6.11. The van der Waals surface area contributed by atoms with E-state index in [2.05, 4.69) is 5.32 Å².